The Bertz CT molecular complexity index is 448. The molecule has 1 fully saturated rings. The lowest BCUT2D eigenvalue weighted by Crippen LogP contribution is -2.26. The first-order chi connectivity index (χ1) is 8.99. The summed E-state index contributed by atoms with van der Waals surface area (Å²) in [4.78, 5) is 13.5. The van der Waals surface area contributed by atoms with Crippen LogP contribution in [0.3, 0.4) is 0 Å². The average molecular weight is 261 g/mol. The van der Waals surface area contributed by atoms with Gasteiger partial charge in [-0.05, 0) is 37.1 Å². The van der Waals surface area contributed by atoms with Gasteiger partial charge in [0.2, 0.25) is 0 Å². The second-order valence-electron chi connectivity index (χ2n) is 6.09. The van der Waals surface area contributed by atoms with Gasteiger partial charge in [0.1, 0.15) is 0 Å². The highest BCUT2D eigenvalue weighted by molar-refractivity contribution is 5.69. The Morgan fingerprint density at radius 1 is 1.26 bits per heavy atom. The smallest absolute Gasteiger partial charge is 0.304 e. The molecule has 0 spiro atoms. The Hall–Kier alpha value is -1.35. The van der Waals surface area contributed by atoms with Crippen molar-refractivity contribution in [2.75, 3.05) is 13.1 Å². The van der Waals surface area contributed by atoms with Gasteiger partial charge in [0, 0.05) is 12.0 Å². The molecule has 1 aromatic carbocycles. The van der Waals surface area contributed by atoms with E-state index in [2.05, 4.69) is 17.0 Å². The minimum Gasteiger partial charge on any atom is -0.481 e. The molecule has 1 N–H and O–H groups in total. The van der Waals surface area contributed by atoms with Crippen LogP contribution in [-0.4, -0.2) is 29.1 Å². The Kier molecular flexibility index (Phi) is 4.25. The SMILES string of the molecule is CC(C)(CC(=O)O)c1ccccc1CN1CCCC1. The zero-order chi connectivity index (χ0) is 13.9. The van der Waals surface area contributed by atoms with E-state index in [1.165, 1.54) is 24.0 Å². The standard InChI is InChI=1S/C16H23NO2/c1-16(2,11-15(18)19)14-8-4-3-7-13(14)12-17-9-5-6-10-17/h3-4,7-8H,5-6,9-12H2,1-2H3,(H,18,19). The van der Waals surface area contributed by atoms with Gasteiger partial charge >= 0.3 is 5.97 Å². The maximum atomic E-state index is 11.0. The number of hydrogen-bond donors (Lipinski definition) is 1. The van der Waals surface area contributed by atoms with Crippen molar-refractivity contribution < 1.29 is 9.90 Å². The van der Waals surface area contributed by atoms with Gasteiger partial charge in [-0.15, -0.1) is 0 Å². The normalized spacial score (nSPS) is 16.7. The molecule has 1 aliphatic heterocycles. The van der Waals surface area contributed by atoms with Crippen molar-refractivity contribution in [2.45, 2.75) is 45.1 Å². The van der Waals surface area contributed by atoms with Crippen LogP contribution in [0.15, 0.2) is 24.3 Å². The molecular formula is C16H23NO2. The first-order valence-electron chi connectivity index (χ1n) is 7.01. The van der Waals surface area contributed by atoms with Gasteiger partial charge in [-0.25, -0.2) is 0 Å². The molecule has 0 aliphatic carbocycles. The summed E-state index contributed by atoms with van der Waals surface area (Å²) in [6.45, 7) is 7.30. The largest absolute Gasteiger partial charge is 0.481 e. The van der Waals surface area contributed by atoms with Gasteiger partial charge in [0.05, 0.1) is 6.42 Å². The summed E-state index contributed by atoms with van der Waals surface area (Å²) in [5.41, 5.74) is 2.13. The van der Waals surface area contributed by atoms with E-state index in [9.17, 15) is 4.79 Å². The quantitative estimate of drug-likeness (QED) is 0.885. The molecule has 1 aromatic rings. The maximum Gasteiger partial charge on any atom is 0.304 e. The number of carboxylic acids is 1. The number of benzene rings is 1. The van der Waals surface area contributed by atoms with Crippen LogP contribution in [-0.2, 0) is 16.8 Å². The highest BCUT2D eigenvalue weighted by Crippen LogP contribution is 2.31. The number of carbonyl (C=O) groups is 1. The Balaban J connectivity index is 2.21. The average Bonchev–Trinajstić information content (AvgIpc) is 2.80. The van der Waals surface area contributed by atoms with Crippen molar-refractivity contribution in [3.63, 3.8) is 0 Å². The van der Waals surface area contributed by atoms with Crippen molar-refractivity contribution in [2.24, 2.45) is 0 Å². The third-order valence-corrected chi connectivity index (χ3v) is 3.93. The second kappa shape index (κ2) is 5.74. The number of aliphatic carboxylic acids is 1. The molecule has 0 unspecified atom stereocenters. The van der Waals surface area contributed by atoms with Crippen LogP contribution in [0.1, 0.15) is 44.2 Å². The molecule has 2 rings (SSSR count). The molecule has 3 nitrogen and oxygen atoms in total. The molecule has 0 radical (unpaired) electrons. The summed E-state index contributed by atoms with van der Waals surface area (Å²) in [6, 6.07) is 8.27. The van der Waals surface area contributed by atoms with Crippen molar-refractivity contribution in [1.29, 1.82) is 0 Å². The summed E-state index contributed by atoms with van der Waals surface area (Å²) in [5.74, 6) is -0.735. The van der Waals surface area contributed by atoms with Crippen LogP contribution in [0.4, 0.5) is 0 Å². The van der Waals surface area contributed by atoms with Gasteiger partial charge in [-0.1, -0.05) is 38.1 Å². The fourth-order valence-corrected chi connectivity index (χ4v) is 2.97. The van der Waals surface area contributed by atoms with Crippen LogP contribution in [0.2, 0.25) is 0 Å². The molecular weight excluding hydrogens is 238 g/mol. The molecule has 0 bridgehead atoms. The van der Waals surface area contributed by atoms with E-state index in [0.29, 0.717) is 0 Å². The molecule has 1 heterocycles. The third kappa shape index (κ3) is 3.57. The monoisotopic (exact) mass is 261 g/mol. The lowest BCUT2D eigenvalue weighted by atomic mass is 9.79. The lowest BCUT2D eigenvalue weighted by molar-refractivity contribution is -0.138. The third-order valence-electron chi connectivity index (χ3n) is 3.93. The van der Waals surface area contributed by atoms with Gasteiger partial charge < -0.3 is 5.11 Å². The fraction of sp³-hybridized carbons (Fsp3) is 0.562. The van der Waals surface area contributed by atoms with Crippen molar-refractivity contribution in [3.8, 4) is 0 Å². The zero-order valence-electron chi connectivity index (χ0n) is 11.9. The molecule has 0 aromatic heterocycles. The summed E-state index contributed by atoms with van der Waals surface area (Å²) < 4.78 is 0. The predicted molar refractivity (Wildman–Crippen MR) is 76.2 cm³/mol. The van der Waals surface area contributed by atoms with Crippen LogP contribution in [0.25, 0.3) is 0 Å². The molecule has 19 heavy (non-hydrogen) atoms. The van der Waals surface area contributed by atoms with Gasteiger partial charge in [0.15, 0.2) is 0 Å². The number of hydrogen-bond acceptors (Lipinski definition) is 2. The maximum absolute atomic E-state index is 11.0. The minimum absolute atomic E-state index is 0.171. The Morgan fingerprint density at radius 2 is 1.89 bits per heavy atom. The van der Waals surface area contributed by atoms with Crippen LogP contribution >= 0.6 is 0 Å². The van der Waals surface area contributed by atoms with E-state index < -0.39 is 5.97 Å². The molecule has 0 amide bonds. The Labute approximate surface area is 115 Å². The zero-order valence-corrected chi connectivity index (χ0v) is 11.9. The van der Waals surface area contributed by atoms with Crippen molar-refractivity contribution >= 4 is 5.97 Å². The van der Waals surface area contributed by atoms with Crippen molar-refractivity contribution in [3.05, 3.63) is 35.4 Å². The van der Waals surface area contributed by atoms with E-state index in [0.717, 1.165) is 19.6 Å². The second-order valence-corrected chi connectivity index (χ2v) is 6.09. The van der Waals surface area contributed by atoms with Crippen LogP contribution in [0, 0.1) is 0 Å². The van der Waals surface area contributed by atoms with Gasteiger partial charge in [-0.2, -0.15) is 0 Å². The lowest BCUT2D eigenvalue weighted by Gasteiger charge is -2.27. The Morgan fingerprint density at radius 3 is 2.53 bits per heavy atom. The van der Waals surface area contributed by atoms with E-state index in [1.807, 2.05) is 26.0 Å². The number of carboxylic acid groups (broad SMARTS) is 1. The molecule has 104 valence electrons. The van der Waals surface area contributed by atoms with E-state index in [4.69, 9.17) is 5.11 Å². The number of rotatable bonds is 5. The first kappa shape index (κ1) is 14.1. The van der Waals surface area contributed by atoms with Crippen molar-refractivity contribution in [1.82, 2.24) is 4.90 Å². The summed E-state index contributed by atoms with van der Waals surface area (Å²) in [7, 11) is 0. The highest BCUT2D eigenvalue weighted by atomic mass is 16.4. The van der Waals surface area contributed by atoms with Gasteiger partial charge in [0.25, 0.3) is 0 Å². The number of likely N-dealkylation sites (tertiary alicyclic amines) is 1. The van der Waals surface area contributed by atoms with Crippen LogP contribution < -0.4 is 0 Å². The molecule has 0 saturated carbocycles. The summed E-state index contributed by atoms with van der Waals surface area (Å²) in [5, 5.41) is 9.08. The molecule has 3 heteroatoms. The highest BCUT2D eigenvalue weighted by Gasteiger charge is 2.27. The van der Waals surface area contributed by atoms with Gasteiger partial charge in [-0.3, -0.25) is 9.69 Å². The van der Waals surface area contributed by atoms with E-state index in [-0.39, 0.29) is 11.8 Å². The fourth-order valence-electron chi connectivity index (χ4n) is 2.97. The minimum atomic E-state index is -0.735. The molecule has 1 aliphatic rings. The number of nitrogens with zero attached hydrogens (tertiary/aromatic N) is 1. The summed E-state index contributed by atoms with van der Waals surface area (Å²) >= 11 is 0. The predicted octanol–water partition coefficient (Wildman–Crippen LogP) is 3.03. The van der Waals surface area contributed by atoms with Crippen LogP contribution in [0.5, 0.6) is 0 Å². The molecule has 1 saturated heterocycles. The topological polar surface area (TPSA) is 40.5 Å². The van der Waals surface area contributed by atoms with E-state index in [1.54, 1.807) is 0 Å². The molecule has 0 atom stereocenters. The first-order valence-corrected chi connectivity index (χ1v) is 7.01. The van der Waals surface area contributed by atoms with E-state index >= 15 is 0 Å². The summed E-state index contributed by atoms with van der Waals surface area (Å²) in [6.07, 6.45) is 2.73.